The Bertz CT molecular complexity index is 120. The third-order valence-electron chi connectivity index (χ3n) is 2.08. The predicted molar refractivity (Wildman–Crippen MR) is 50.7 cm³/mol. The lowest BCUT2D eigenvalue weighted by Gasteiger charge is -2.15. The molecule has 60 valence electrons. The van der Waals surface area contributed by atoms with Gasteiger partial charge in [-0.3, -0.25) is 0 Å². The quantitative estimate of drug-likeness (QED) is 0.561. The second kappa shape index (κ2) is 3.36. The molecule has 1 aliphatic heterocycles. The zero-order valence-electron chi connectivity index (χ0n) is 6.60. The van der Waals surface area contributed by atoms with Crippen LogP contribution in [0.15, 0.2) is 0 Å². The van der Waals surface area contributed by atoms with Gasteiger partial charge in [-0.15, -0.1) is 0 Å². The van der Waals surface area contributed by atoms with Crippen LogP contribution >= 0.6 is 22.6 Å². The largest absolute Gasteiger partial charge is 0.379 e. The van der Waals surface area contributed by atoms with Gasteiger partial charge in [-0.2, -0.15) is 0 Å². The van der Waals surface area contributed by atoms with Crippen molar-refractivity contribution < 1.29 is 4.74 Å². The van der Waals surface area contributed by atoms with Crippen molar-refractivity contribution in [3.05, 3.63) is 0 Å². The first-order valence-electron chi connectivity index (χ1n) is 3.59. The number of nitrogens with one attached hydrogen (secondary N) is 1. The molecule has 0 spiro atoms. The van der Waals surface area contributed by atoms with E-state index in [9.17, 15) is 0 Å². The predicted octanol–water partition coefficient (Wildman–Crippen LogP) is 1.19. The molecular formula is C7H14INO. The summed E-state index contributed by atoms with van der Waals surface area (Å²) in [5.41, 5.74) is 0. The molecule has 0 aromatic heterocycles. The Hall–Kier alpha value is 0.650. The number of rotatable bonds is 1. The van der Waals surface area contributed by atoms with Crippen LogP contribution in [0.5, 0.6) is 0 Å². The van der Waals surface area contributed by atoms with Gasteiger partial charge in [-0.25, -0.2) is 0 Å². The molecule has 1 N–H and O–H groups in total. The van der Waals surface area contributed by atoms with Gasteiger partial charge in [0.2, 0.25) is 0 Å². The van der Waals surface area contributed by atoms with E-state index in [0.717, 1.165) is 0 Å². The normalized spacial score (nSPS) is 48.0. The Labute approximate surface area is 75.8 Å². The van der Waals surface area contributed by atoms with Crippen molar-refractivity contribution in [3.8, 4) is 0 Å². The molecule has 3 unspecified atom stereocenters. The Morgan fingerprint density at radius 1 is 1.30 bits per heavy atom. The van der Waals surface area contributed by atoms with E-state index in [2.05, 4.69) is 41.8 Å². The number of methoxy groups -OCH3 is 1. The number of hydrogen-bond donors (Lipinski definition) is 1. The van der Waals surface area contributed by atoms with Gasteiger partial charge in [-0.1, -0.05) is 22.6 Å². The zero-order valence-corrected chi connectivity index (χ0v) is 8.75. The van der Waals surface area contributed by atoms with Crippen molar-refractivity contribution in [2.24, 2.45) is 0 Å². The molecule has 0 aromatic carbocycles. The fraction of sp³-hybridized carbons (Fsp3) is 1.00. The van der Waals surface area contributed by atoms with Gasteiger partial charge in [0.05, 0.1) is 10.0 Å². The van der Waals surface area contributed by atoms with Crippen LogP contribution in [0.4, 0.5) is 0 Å². The first-order chi connectivity index (χ1) is 4.66. The fourth-order valence-electron chi connectivity index (χ4n) is 1.50. The van der Waals surface area contributed by atoms with E-state index in [1.807, 2.05) is 0 Å². The highest BCUT2D eigenvalue weighted by atomic mass is 127. The molecule has 4 atom stereocenters. The summed E-state index contributed by atoms with van der Waals surface area (Å²) in [6.45, 7) is 4.37. The van der Waals surface area contributed by atoms with E-state index < -0.39 is 0 Å². The summed E-state index contributed by atoms with van der Waals surface area (Å²) in [5.74, 6) is 0. The summed E-state index contributed by atoms with van der Waals surface area (Å²) in [7, 11) is 1.78. The third kappa shape index (κ3) is 1.46. The number of alkyl halides is 1. The minimum absolute atomic E-state index is 0.385. The van der Waals surface area contributed by atoms with E-state index in [0.29, 0.717) is 22.1 Å². The fourth-order valence-corrected chi connectivity index (χ4v) is 2.62. The van der Waals surface area contributed by atoms with Crippen LogP contribution in [0.1, 0.15) is 13.8 Å². The summed E-state index contributed by atoms with van der Waals surface area (Å²) >= 11 is 2.45. The minimum atomic E-state index is 0.385. The molecule has 1 saturated heterocycles. The maximum absolute atomic E-state index is 5.34. The Morgan fingerprint density at radius 2 is 1.90 bits per heavy atom. The van der Waals surface area contributed by atoms with Crippen LogP contribution in [0.2, 0.25) is 0 Å². The van der Waals surface area contributed by atoms with E-state index in [1.54, 1.807) is 7.11 Å². The molecule has 1 aliphatic rings. The lowest BCUT2D eigenvalue weighted by molar-refractivity contribution is 0.102. The van der Waals surface area contributed by atoms with Gasteiger partial charge < -0.3 is 10.1 Å². The van der Waals surface area contributed by atoms with Crippen molar-refractivity contribution in [1.82, 2.24) is 5.32 Å². The van der Waals surface area contributed by atoms with Gasteiger partial charge in [0.1, 0.15) is 0 Å². The molecule has 0 bridgehead atoms. The molecule has 0 saturated carbocycles. The Kier molecular flexibility index (Phi) is 2.94. The molecule has 10 heavy (non-hydrogen) atoms. The highest BCUT2D eigenvalue weighted by molar-refractivity contribution is 14.1. The van der Waals surface area contributed by atoms with Crippen LogP contribution in [0.25, 0.3) is 0 Å². The molecule has 1 rings (SSSR count). The molecule has 1 fully saturated rings. The maximum atomic E-state index is 5.34. The first-order valence-corrected chi connectivity index (χ1v) is 4.84. The smallest absolute Gasteiger partial charge is 0.0853 e. The van der Waals surface area contributed by atoms with Crippen molar-refractivity contribution in [2.75, 3.05) is 7.11 Å². The van der Waals surface area contributed by atoms with Gasteiger partial charge in [-0.05, 0) is 13.8 Å². The van der Waals surface area contributed by atoms with Crippen LogP contribution in [-0.4, -0.2) is 29.2 Å². The van der Waals surface area contributed by atoms with Gasteiger partial charge in [0.15, 0.2) is 0 Å². The standard InChI is InChI=1S/C7H14INO/c1-4-6(8)7(10-3)5(2)9-4/h4-7,9H,1-3H3/t4?,5?,6?,7-/m0/s1. The van der Waals surface area contributed by atoms with Crippen molar-refractivity contribution in [3.63, 3.8) is 0 Å². The molecule has 1 heterocycles. The van der Waals surface area contributed by atoms with Crippen molar-refractivity contribution in [1.29, 1.82) is 0 Å². The first kappa shape index (κ1) is 8.74. The van der Waals surface area contributed by atoms with Crippen molar-refractivity contribution >= 4 is 22.6 Å². The molecule has 3 heteroatoms. The minimum Gasteiger partial charge on any atom is -0.379 e. The number of ether oxygens (including phenoxy) is 1. The highest BCUT2D eigenvalue weighted by Crippen LogP contribution is 2.23. The third-order valence-corrected chi connectivity index (χ3v) is 3.87. The molecule has 0 amide bonds. The summed E-state index contributed by atoms with van der Waals surface area (Å²) in [5, 5.41) is 3.43. The van der Waals surface area contributed by atoms with Gasteiger partial charge in [0, 0.05) is 19.2 Å². The molecule has 0 aliphatic carbocycles. The topological polar surface area (TPSA) is 21.3 Å². The Balaban J connectivity index is 2.55. The molecule has 0 radical (unpaired) electrons. The Morgan fingerprint density at radius 3 is 2.10 bits per heavy atom. The van der Waals surface area contributed by atoms with Crippen LogP contribution in [0.3, 0.4) is 0 Å². The second-order valence-corrected chi connectivity index (χ2v) is 4.33. The monoisotopic (exact) mass is 255 g/mol. The van der Waals surface area contributed by atoms with E-state index >= 15 is 0 Å². The van der Waals surface area contributed by atoms with Crippen LogP contribution in [-0.2, 0) is 4.74 Å². The number of hydrogen-bond acceptors (Lipinski definition) is 2. The van der Waals surface area contributed by atoms with E-state index in [4.69, 9.17) is 4.74 Å². The molecular weight excluding hydrogens is 241 g/mol. The van der Waals surface area contributed by atoms with E-state index in [-0.39, 0.29) is 0 Å². The van der Waals surface area contributed by atoms with Crippen molar-refractivity contribution in [2.45, 2.75) is 36.0 Å². The molecule has 0 aromatic rings. The highest BCUT2D eigenvalue weighted by Gasteiger charge is 2.36. The molecule has 2 nitrogen and oxygen atoms in total. The lowest BCUT2D eigenvalue weighted by atomic mass is 10.2. The van der Waals surface area contributed by atoms with Crippen LogP contribution in [0, 0.1) is 0 Å². The second-order valence-electron chi connectivity index (χ2n) is 2.89. The van der Waals surface area contributed by atoms with Gasteiger partial charge in [0.25, 0.3) is 0 Å². The average Bonchev–Trinajstić information content (AvgIpc) is 2.09. The SMILES string of the molecule is CO[C@H]1C(C)NC(C)C1I. The summed E-state index contributed by atoms with van der Waals surface area (Å²) < 4.78 is 5.94. The lowest BCUT2D eigenvalue weighted by Crippen LogP contribution is -2.30. The van der Waals surface area contributed by atoms with E-state index in [1.165, 1.54) is 0 Å². The average molecular weight is 255 g/mol. The summed E-state index contributed by atoms with van der Waals surface area (Å²) in [6, 6.07) is 1.09. The number of halogens is 1. The van der Waals surface area contributed by atoms with Crippen LogP contribution < -0.4 is 5.32 Å². The zero-order chi connectivity index (χ0) is 7.72. The summed E-state index contributed by atoms with van der Waals surface area (Å²) in [6.07, 6.45) is 0.385. The maximum Gasteiger partial charge on any atom is 0.0853 e. The van der Waals surface area contributed by atoms with Gasteiger partial charge >= 0.3 is 0 Å². The summed E-state index contributed by atoms with van der Waals surface area (Å²) in [4.78, 5) is 0.